The maximum absolute atomic E-state index is 5.88. The normalized spacial score (nSPS) is 17.5. The fourth-order valence-corrected chi connectivity index (χ4v) is 3.07. The summed E-state index contributed by atoms with van der Waals surface area (Å²) in [6, 6.07) is 6.96. The first-order chi connectivity index (χ1) is 8.67. The Labute approximate surface area is 116 Å². The van der Waals surface area contributed by atoms with Gasteiger partial charge in [0.1, 0.15) is 0 Å². The molecule has 0 heterocycles. The van der Waals surface area contributed by atoms with Gasteiger partial charge in [0.15, 0.2) is 0 Å². The van der Waals surface area contributed by atoms with Crippen LogP contribution in [0.5, 0.6) is 0 Å². The van der Waals surface area contributed by atoms with Gasteiger partial charge in [0.05, 0.1) is 0 Å². The molecule has 0 aromatic heterocycles. The van der Waals surface area contributed by atoms with Crippen LogP contribution in [0, 0.1) is 0 Å². The van der Waals surface area contributed by atoms with Gasteiger partial charge in [-0.05, 0) is 55.7 Å². The van der Waals surface area contributed by atoms with E-state index in [0.29, 0.717) is 0 Å². The first kappa shape index (κ1) is 13.9. The van der Waals surface area contributed by atoms with Crippen molar-refractivity contribution in [1.29, 1.82) is 0 Å². The molecule has 1 unspecified atom stereocenters. The molecule has 0 saturated carbocycles. The quantitative estimate of drug-likeness (QED) is 0.765. The number of benzene rings is 1. The molecule has 1 nitrogen and oxygen atoms in total. The summed E-state index contributed by atoms with van der Waals surface area (Å²) in [5, 5.41) is 3.67. The van der Waals surface area contributed by atoms with Crippen molar-refractivity contribution in [3.63, 3.8) is 0 Å². The Hall–Kier alpha value is -0.530. The summed E-state index contributed by atoms with van der Waals surface area (Å²) >= 11 is 5.88. The van der Waals surface area contributed by atoms with Crippen molar-refractivity contribution in [1.82, 2.24) is 5.32 Å². The topological polar surface area (TPSA) is 12.0 Å². The van der Waals surface area contributed by atoms with Gasteiger partial charge in [-0.1, -0.05) is 25.1 Å². The lowest BCUT2D eigenvalue weighted by molar-refractivity contribution is 0.331. The van der Waals surface area contributed by atoms with Gasteiger partial charge in [-0.3, -0.25) is 0 Å². The first-order valence-corrected chi connectivity index (χ1v) is 7.62. The zero-order valence-corrected chi connectivity index (χ0v) is 12.3. The van der Waals surface area contributed by atoms with Crippen LogP contribution in [-0.4, -0.2) is 11.4 Å². The molecule has 0 radical (unpaired) electrons. The second kappa shape index (κ2) is 6.08. The zero-order valence-electron chi connectivity index (χ0n) is 11.6. The van der Waals surface area contributed by atoms with Gasteiger partial charge < -0.3 is 5.32 Å². The van der Waals surface area contributed by atoms with Crippen molar-refractivity contribution < 1.29 is 0 Å². The Balaban J connectivity index is 1.97. The number of hydrogen-bond donors (Lipinski definition) is 1. The van der Waals surface area contributed by atoms with E-state index in [9.17, 15) is 0 Å². The van der Waals surface area contributed by atoms with E-state index in [1.165, 1.54) is 24.8 Å². The largest absolute Gasteiger partial charge is 0.307 e. The molecule has 1 aromatic rings. The van der Waals surface area contributed by atoms with Crippen LogP contribution in [-0.2, 0) is 19.4 Å². The van der Waals surface area contributed by atoms with Gasteiger partial charge in [0.2, 0.25) is 0 Å². The lowest BCUT2D eigenvalue weighted by atomic mass is 9.95. The van der Waals surface area contributed by atoms with E-state index in [2.05, 4.69) is 37.4 Å². The highest BCUT2D eigenvalue weighted by molar-refractivity contribution is 6.17. The Morgan fingerprint density at radius 1 is 1.28 bits per heavy atom. The van der Waals surface area contributed by atoms with Crippen molar-refractivity contribution in [3.05, 3.63) is 34.9 Å². The van der Waals surface area contributed by atoms with Crippen LogP contribution in [0.2, 0.25) is 0 Å². The van der Waals surface area contributed by atoms with E-state index in [4.69, 9.17) is 11.6 Å². The fraction of sp³-hybridized carbons (Fsp3) is 0.625. The van der Waals surface area contributed by atoms with E-state index in [-0.39, 0.29) is 5.54 Å². The molecule has 100 valence electrons. The molecule has 1 aromatic carbocycles. The van der Waals surface area contributed by atoms with Crippen LogP contribution in [0.4, 0.5) is 0 Å². The molecule has 0 aliphatic heterocycles. The average molecular weight is 266 g/mol. The van der Waals surface area contributed by atoms with Crippen molar-refractivity contribution in [2.24, 2.45) is 0 Å². The minimum Gasteiger partial charge on any atom is -0.307 e. The number of aryl methyl sites for hydroxylation is 2. The third kappa shape index (κ3) is 3.27. The molecular formula is C16H24ClN. The minimum absolute atomic E-state index is 0.167. The number of halogens is 1. The highest BCUT2D eigenvalue weighted by Gasteiger charge is 2.20. The van der Waals surface area contributed by atoms with Gasteiger partial charge >= 0.3 is 0 Å². The standard InChI is InChI=1S/C16H24ClN/c1-3-16(2,9-10-17)18-12-13-7-8-14-5-4-6-15(14)11-13/h7-8,11,18H,3-6,9-10,12H2,1-2H3. The van der Waals surface area contributed by atoms with Crippen molar-refractivity contribution in [2.75, 3.05) is 5.88 Å². The number of rotatable bonds is 6. The molecule has 2 heteroatoms. The van der Waals surface area contributed by atoms with Crippen molar-refractivity contribution >= 4 is 11.6 Å². The molecule has 1 aliphatic carbocycles. The summed E-state index contributed by atoms with van der Waals surface area (Å²) in [4.78, 5) is 0. The highest BCUT2D eigenvalue weighted by atomic mass is 35.5. The SMILES string of the molecule is CCC(C)(CCCl)NCc1ccc2c(c1)CCC2. The van der Waals surface area contributed by atoms with Gasteiger partial charge in [-0.25, -0.2) is 0 Å². The fourth-order valence-electron chi connectivity index (χ4n) is 2.65. The lowest BCUT2D eigenvalue weighted by Crippen LogP contribution is -2.41. The highest BCUT2D eigenvalue weighted by Crippen LogP contribution is 2.23. The third-order valence-electron chi connectivity index (χ3n) is 4.31. The molecule has 18 heavy (non-hydrogen) atoms. The molecule has 0 saturated heterocycles. The number of fused-ring (bicyclic) bond motifs is 1. The molecule has 0 fully saturated rings. The predicted octanol–water partition coefficient (Wildman–Crippen LogP) is 4.06. The molecule has 2 rings (SSSR count). The second-order valence-electron chi connectivity index (χ2n) is 5.66. The van der Waals surface area contributed by atoms with Crippen LogP contribution in [0.15, 0.2) is 18.2 Å². The molecule has 1 aliphatic rings. The third-order valence-corrected chi connectivity index (χ3v) is 4.50. The van der Waals surface area contributed by atoms with Crippen LogP contribution in [0.25, 0.3) is 0 Å². The maximum Gasteiger partial charge on any atom is 0.0240 e. The van der Waals surface area contributed by atoms with Gasteiger partial charge in [-0.2, -0.15) is 0 Å². The Morgan fingerprint density at radius 3 is 2.78 bits per heavy atom. The summed E-state index contributed by atoms with van der Waals surface area (Å²) < 4.78 is 0. The maximum atomic E-state index is 5.88. The molecule has 0 amide bonds. The van der Waals surface area contributed by atoms with E-state index < -0.39 is 0 Å². The summed E-state index contributed by atoms with van der Waals surface area (Å²) in [5.41, 5.74) is 4.69. The predicted molar refractivity (Wildman–Crippen MR) is 79.3 cm³/mol. The molecule has 1 atom stereocenters. The molecular weight excluding hydrogens is 242 g/mol. The van der Waals surface area contributed by atoms with Crippen LogP contribution in [0.1, 0.15) is 49.8 Å². The van der Waals surface area contributed by atoms with Gasteiger partial charge in [-0.15, -0.1) is 11.6 Å². The summed E-state index contributed by atoms with van der Waals surface area (Å²) in [6.45, 7) is 5.44. The summed E-state index contributed by atoms with van der Waals surface area (Å²) in [5.74, 6) is 0.724. The van der Waals surface area contributed by atoms with Crippen molar-refractivity contribution in [2.45, 2.75) is 58.0 Å². The van der Waals surface area contributed by atoms with Crippen LogP contribution >= 0.6 is 11.6 Å². The van der Waals surface area contributed by atoms with Crippen LogP contribution in [0.3, 0.4) is 0 Å². The number of alkyl halides is 1. The van der Waals surface area contributed by atoms with E-state index in [1.54, 1.807) is 11.1 Å². The zero-order chi connectivity index (χ0) is 13.0. The van der Waals surface area contributed by atoms with Crippen molar-refractivity contribution in [3.8, 4) is 0 Å². The first-order valence-electron chi connectivity index (χ1n) is 7.08. The Morgan fingerprint density at radius 2 is 2.06 bits per heavy atom. The minimum atomic E-state index is 0.167. The number of nitrogens with one attached hydrogen (secondary N) is 1. The number of hydrogen-bond acceptors (Lipinski definition) is 1. The van der Waals surface area contributed by atoms with E-state index in [0.717, 1.165) is 25.3 Å². The average Bonchev–Trinajstić information content (AvgIpc) is 2.84. The molecule has 0 bridgehead atoms. The Kier molecular flexibility index (Phi) is 4.69. The van der Waals surface area contributed by atoms with E-state index in [1.807, 2.05) is 0 Å². The molecule has 1 N–H and O–H groups in total. The Bertz CT molecular complexity index is 402. The van der Waals surface area contributed by atoms with E-state index >= 15 is 0 Å². The lowest BCUT2D eigenvalue weighted by Gasteiger charge is -2.29. The van der Waals surface area contributed by atoms with Gasteiger partial charge in [0.25, 0.3) is 0 Å². The smallest absolute Gasteiger partial charge is 0.0240 e. The van der Waals surface area contributed by atoms with Crippen LogP contribution < -0.4 is 5.32 Å². The monoisotopic (exact) mass is 265 g/mol. The van der Waals surface area contributed by atoms with Gasteiger partial charge in [0, 0.05) is 18.0 Å². The summed E-state index contributed by atoms with van der Waals surface area (Å²) in [6.07, 6.45) is 5.99. The molecule has 0 spiro atoms. The summed E-state index contributed by atoms with van der Waals surface area (Å²) in [7, 11) is 0. The second-order valence-corrected chi connectivity index (χ2v) is 6.04.